The van der Waals surface area contributed by atoms with Gasteiger partial charge < -0.3 is 15.3 Å². The summed E-state index contributed by atoms with van der Waals surface area (Å²) in [6.45, 7) is 4.15. The molecule has 0 bridgehead atoms. The SMILES string of the molecule is C#CC(C)(C)NC(=O)N1CCC(C(=O)O)C1. The Balaban J connectivity index is 2.53. The highest BCUT2D eigenvalue weighted by atomic mass is 16.4. The maximum atomic E-state index is 11.7. The number of carbonyl (C=O) groups excluding carboxylic acids is 1. The molecule has 0 saturated carbocycles. The smallest absolute Gasteiger partial charge is 0.318 e. The van der Waals surface area contributed by atoms with Gasteiger partial charge in [0.25, 0.3) is 0 Å². The van der Waals surface area contributed by atoms with Crippen LogP contribution in [0.2, 0.25) is 0 Å². The number of likely N-dealkylation sites (tertiary alicyclic amines) is 1. The van der Waals surface area contributed by atoms with Gasteiger partial charge in [0.2, 0.25) is 0 Å². The van der Waals surface area contributed by atoms with Crippen LogP contribution in [0.5, 0.6) is 0 Å². The summed E-state index contributed by atoms with van der Waals surface area (Å²) in [7, 11) is 0. The minimum Gasteiger partial charge on any atom is -0.481 e. The molecule has 0 spiro atoms. The van der Waals surface area contributed by atoms with Crippen LogP contribution >= 0.6 is 0 Å². The van der Waals surface area contributed by atoms with Crippen LogP contribution in [-0.2, 0) is 4.79 Å². The van der Waals surface area contributed by atoms with Gasteiger partial charge in [0, 0.05) is 13.1 Å². The van der Waals surface area contributed by atoms with E-state index in [0.29, 0.717) is 13.0 Å². The first kappa shape index (κ1) is 12.4. The maximum Gasteiger partial charge on any atom is 0.318 e. The number of carbonyl (C=O) groups is 2. The maximum absolute atomic E-state index is 11.7. The predicted octanol–water partition coefficient (Wildman–Crippen LogP) is 0.514. The Morgan fingerprint density at radius 1 is 1.56 bits per heavy atom. The van der Waals surface area contributed by atoms with E-state index in [2.05, 4.69) is 11.2 Å². The van der Waals surface area contributed by atoms with Gasteiger partial charge in [-0.3, -0.25) is 4.79 Å². The fraction of sp³-hybridized carbons (Fsp3) is 0.636. The van der Waals surface area contributed by atoms with Gasteiger partial charge >= 0.3 is 12.0 Å². The van der Waals surface area contributed by atoms with Gasteiger partial charge in [0.15, 0.2) is 0 Å². The van der Waals surface area contributed by atoms with Crippen LogP contribution in [0.1, 0.15) is 20.3 Å². The average Bonchev–Trinajstić information content (AvgIpc) is 2.66. The number of urea groups is 1. The van der Waals surface area contributed by atoms with Crippen molar-refractivity contribution < 1.29 is 14.7 Å². The summed E-state index contributed by atoms with van der Waals surface area (Å²) in [6.07, 6.45) is 5.75. The van der Waals surface area contributed by atoms with Crippen molar-refractivity contribution in [1.29, 1.82) is 0 Å². The van der Waals surface area contributed by atoms with Crippen LogP contribution in [0.15, 0.2) is 0 Å². The summed E-state index contributed by atoms with van der Waals surface area (Å²) >= 11 is 0. The molecule has 2 amide bonds. The average molecular weight is 224 g/mol. The molecule has 0 aromatic heterocycles. The Morgan fingerprint density at radius 3 is 2.62 bits per heavy atom. The molecule has 0 radical (unpaired) electrons. The van der Waals surface area contributed by atoms with Crippen LogP contribution in [0.3, 0.4) is 0 Å². The largest absolute Gasteiger partial charge is 0.481 e. The van der Waals surface area contributed by atoms with Crippen molar-refractivity contribution >= 4 is 12.0 Å². The van der Waals surface area contributed by atoms with Crippen LogP contribution in [0.4, 0.5) is 4.79 Å². The van der Waals surface area contributed by atoms with Crippen LogP contribution in [0.25, 0.3) is 0 Å². The number of amides is 2. The molecule has 1 fully saturated rings. The fourth-order valence-electron chi connectivity index (χ4n) is 1.53. The minimum atomic E-state index is -0.855. The molecule has 1 aliphatic heterocycles. The van der Waals surface area contributed by atoms with E-state index in [1.165, 1.54) is 4.90 Å². The van der Waals surface area contributed by atoms with E-state index in [1.807, 2.05) is 0 Å². The molecular formula is C11H16N2O3. The van der Waals surface area contributed by atoms with Crippen molar-refractivity contribution in [2.45, 2.75) is 25.8 Å². The van der Waals surface area contributed by atoms with Crippen molar-refractivity contribution in [1.82, 2.24) is 10.2 Å². The highest BCUT2D eigenvalue weighted by Gasteiger charge is 2.32. The zero-order chi connectivity index (χ0) is 12.3. The zero-order valence-corrected chi connectivity index (χ0v) is 9.49. The summed E-state index contributed by atoms with van der Waals surface area (Å²) in [6, 6.07) is -0.299. The van der Waals surface area contributed by atoms with Crippen molar-refractivity contribution in [3.63, 3.8) is 0 Å². The fourth-order valence-corrected chi connectivity index (χ4v) is 1.53. The van der Waals surface area contributed by atoms with Crippen LogP contribution in [0, 0.1) is 18.3 Å². The van der Waals surface area contributed by atoms with Gasteiger partial charge in [-0.1, -0.05) is 5.92 Å². The Morgan fingerprint density at radius 2 is 2.19 bits per heavy atom. The molecule has 1 heterocycles. The highest BCUT2D eigenvalue weighted by Crippen LogP contribution is 2.16. The molecule has 5 heteroatoms. The topological polar surface area (TPSA) is 69.6 Å². The Kier molecular flexibility index (Phi) is 3.43. The quantitative estimate of drug-likeness (QED) is 0.672. The third-order valence-corrected chi connectivity index (χ3v) is 2.60. The number of carboxylic acid groups (broad SMARTS) is 1. The second kappa shape index (κ2) is 4.44. The molecule has 1 aliphatic rings. The number of aliphatic carboxylic acids is 1. The number of nitrogens with one attached hydrogen (secondary N) is 1. The number of rotatable bonds is 2. The first-order valence-corrected chi connectivity index (χ1v) is 5.13. The first-order valence-electron chi connectivity index (χ1n) is 5.13. The Labute approximate surface area is 94.8 Å². The standard InChI is InChI=1S/C11H16N2O3/c1-4-11(2,3)12-10(16)13-6-5-8(7-13)9(14)15/h1,8H,5-7H2,2-3H3,(H,12,16)(H,14,15). The molecule has 5 nitrogen and oxygen atoms in total. The predicted molar refractivity (Wildman–Crippen MR) is 58.8 cm³/mol. The minimum absolute atomic E-state index is 0.252. The van der Waals surface area contributed by atoms with Crippen molar-refractivity contribution in [3.05, 3.63) is 0 Å². The lowest BCUT2D eigenvalue weighted by Gasteiger charge is -2.24. The van der Waals surface area contributed by atoms with E-state index in [9.17, 15) is 9.59 Å². The van der Waals surface area contributed by atoms with Gasteiger partial charge in [0.05, 0.1) is 11.5 Å². The van der Waals surface area contributed by atoms with Crippen molar-refractivity contribution in [2.24, 2.45) is 5.92 Å². The third-order valence-electron chi connectivity index (χ3n) is 2.60. The van der Waals surface area contributed by atoms with E-state index in [-0.39, 0.29) is 12.6 Å². The normalized spacial score (nSPS) is 20.3. The van der Waals surface area contributed by atoms with Gasteiger partial charge in [-0.25, -0.2) is 4.79 Å². The third kappa shape index (κ3) is 2.89. The second-order valence-corrected chi connectivity index (χ2v) is 4.47. The summed E-state index contributed by atoms with van der Waals surface area (Å²) in [4.78, 5) is 23.9. The summed E-state index contributed by atoms with van der Waals surface area (Å²) < 4.78 is 0. The lowest BCUT2D eigenvalue weighted by atomic mass is 10.1. The zero-order valence-electron chi connectivity index (χ0n) is 9.49. The monoisotopic (exact) mass is 224 g/mol. The first-order chi connectivity index (χ1) is 7.35. The van der Waals surface area contributed by atoms with E-state index >= 15 is 0 Å². The van der Waals surface area contributed by atoms with Crippen LogP contribution < -0.4 is 5.32 Å². The molecule has 2 N–H and O–H groups in total. The molecule has 88 valence electrons. The number of carboxylic acids is 1. The molecular weight excluding hydrogens is 208 g/mol. The Hall–Kier alpha value is -1.70. The lowest BCUT2D eigenvalue weighted by Crippen LogP contribution is -2.48. The van der Waals surface area contributed by atoms with Gasteiger partial charge in [0.1, 0.15) is 0 Å². The van der Waals surface area contributed by atoms with Crippen molar-refractivity contribution in [3.8, 4) is 12.3 Å². The summed E-state index contributed by atoms with van der Waals surface area (Å²) in [5.74, 6) is 1.14. The van der Waals surface area contributed by atoms with E-state index in [1.54, 1.807) is 13.8 Å². The summed E-state index contributed by atoms with van der Waals surface area (Å²) in [5, 5.41) is 11.5. The molecule has 1 atom stereocenters. The van der Waals surface area contributed by atoms with Crippen molar-refractivity contribution in [2.75, 3.05) is 13.1 Å². The molecule has 0 aliphatic carbocycles. The van der Waals surface area contributed by atoms with Gasteiger partial charge in [-0.2, -0.15) is 0 Å². The Bertz CT molecular complexity index is 344. The molecule has 0 aromatic rings. The second-order valence-electron chi connectivity index (χ2n) is 4.47. The number of terminal acetylenes is 1. The number of hydrogen-bond donors (Lipinski definition) is 2. The molecule has 16 heavy (non-hydrogen) atoms. The van der Waals surface area contributed by atoms with E-state index in [4.69, 9.17) is 11.5 Å². The molecule has 0 aromatic carbocycles. The lowest BCUT2D eigenvalue weighted by molar-refractivity contribution is -0.141. The highest BCUT2D eigenvalue weighted by molar-refractivity contribution is 5.78. The molecule has 1 unspecified atom stereocenters. The van der Waals surface area contributed by atoms with E-state index in [0.717, 1.165) is 0 Å². The van der Waals surface area contributed by atoms with Gasteiger partial charge in [-0.15, -0.1) is 6.42 Å². The summed E-state index contributed by atoms with van der Waals surface area (Å²) in [5.41, 5.74) is -0.710. The molecule has 1 saturated heterocycles. The number of nitrogens with zero attached hydrogens (tertiary/aromatic N) is 1. The molecule has 1 rings (SSSR count). The van der Waals surface area contributed by atoms with Crippen LogP contribution in [-0.4, -0.2) is 40.6 Å². The van der Waals surface area contributed by atoms with E-state index < -0.39 is 17.4 Å². The van der Waals surface area contributed by atoms with Gasteiger partial charge in [-0.05, 0) is 20.3 Å². The number of hydrogen-bond acceptors (Lipinski definition) is 2.